The first kappa shape index (κ1) is 20.4. The Morgan fingerprint density at radius 1 is 1.07 bits per heavy atom. The number of nitrogens with one attached hydrogen (secondary N) is 1. The second-order valence-electron chi connectivity index (χ2n) is 6.38. The third-order valence-corrected chi connectivity index (χ3v) is 6.38. The number of likely N-dealkylation sites (N-methyl/N-ethyl adjacent to an activating group) is 1. The summed E-state index contributed by atoms with van der Waals surface area (Å²) in [5, 5.41) is 0.550. The Hall–Kier alpha value is -1.38. The standard InChI is InChI=1S/C18H22Cl2N4O2S/c1-2-23-5-7-24(8-6-23)18-4-3-14(12-21-18)13-22-27(25,26)17-10-15(19)9-16(20)11-17/h3-4,9-12,22H,2,5-8,13H2,1H3. The fraction of sp³-hybridized carbons (Fsp3) is 0.389. The number of sulfonamides is 1. The van der Waals surface area contributed by atoms with E-state index >= 15 is 0 Å². The molecule has 0 spiro atoms. The highest BCUT2D eigenvalue weighted by Gasteiger charge is 2.18. The number of hydrogen-bond acceptors (Lipinski definition) is 5. The van der Waals surface area contributed by atoms with Gasteiger partial charge in [-0.15, -0.1) is 0 Å². The Balaban J connectivity index is 1.61. The van der Waals surface area contributed by atoms with E-state index in [0.29, 0.717) is 0 Å². The molecule has 0 bridgehead atoms. The fourth-order valence-electron chi connectivity index (χ4n) is 2.95. The topological polar surface area (TPSA) is 65.5 Å². The zero-order valence-corrected chi connectivity index (χ0v) is 17.4. The molecule has 0 unspecified atom stereocenters. The number of nitrogens with zero attached hydrogens (tertiary/aromatic N) is 3. The van der Waals surface area contributed by atoms with E-state index in [1.54, 1.807) is 6.20 Å². The van der Waals surface area contributed by atoms with Gasteiger partial charge in [-0.05, 0) is 36.4 Å². The molecule has 3 rings (SSSR count). The van der Waals surface area contributed by atoms with Gasteiger partial charge in [0.15, 0.2) is 0 Å². The van der Waals surface area contributed by atoms with Crippen LogP contribution in [-0.4, -0.2) is 51.0 Å². The minimum Gasteiger partial charge on any atom is -0.354 e. The number of anilines is 1. The monoisotopic (exact) mass is 428 g/mol. The molecule has 1 aliphatic heterocycles. The molecule has 2 heterocycles. The molecule has 146 valence electrons. The normalized spacial score (nSPS) is 15.9. The fourth-order valence-corrected chi connectivity index (χ4v) is 4.69. The van der Waals surface area contributed by atoms with E-state index in [2.05, 4.69) is 26.4 Å². The van der Waals surface area contributed by atoms with E-state index in [9.17, 15) is 8.42 Å². The van der Waals surface area contributed by atoms with Gasteiger partial charge in [-0.3, -0.25) is 0 Å². The number of hydrogen-bond donors (Lipinski definition) is 1. The summed E-state index contributed by atoms with van der Waals surface area (Å²) in [5.41, 5.74) is 0.780. The van der Waals surface area contributed by atoms with E-state index in [-0.39, 0.29) is 21.5 Å². The lowest BCUT2D eigenvalue weighted by Gasteiger charge is -2.34. The van der Waals surface area contributed by atoms with Gasteiger partial charge in [0, 0.05) is 49.0 Å². The summed E-state index contributed by atoms with van der Waals surface area (Å²) in [6.07, 6.45) is 1.70. The summed E-state index contributed by atoms with van der Waals surface area (Å²) in [7, 11) is -3.71. The van der Waals surface area contributed by atoms with Crippen LogP contribution in [0.4, 0.5) is 5.82 Å². The van der Waals surface area contributed by atoms with E-state index in [1.165, 1.54) is 18.2 Å². The molecular formula is C18H22Cl2N4O2S. The molecule has 1 aromatic carbocycles. The molecule has 0 radical (unpaired) electrons. The predicted molar refractivity (Wildman–Crippen MR) is 109 cm³/mol. The summed E-state index contributed by atoms with van der Waals surface area (Å²) in [6, 6.07) is 8.05. The van der Waals surface area contributed by atoms with Gasteiger partial charge >= 0.3 is 0 Å². The maximum atomic E-state index is 12.4. The lowest BCUT2D eigenvalue weighted by molar-refractivity contribution is 0.270. The van der Waals surface area contributed by atoms with Crippen LogP contribution < -0.4 is 9.62 Å². The smallest absolute Gasteiger partial charge is 0.240 e. The van der Waals surface area contributed by atoms with Gasteiger partial charge in [-0.1, -0.05) is 36.2 Å². The first-order chi connectivity index (χ1) is 12.9. The summed E-state index contributed by atoms with van der Waals surface area (Å²) >= 11 is 11.8. The lowest BCUT2D eigenvalue weighted by atomic mass is 10.2. The number of piperazine rings is 1. The number of aromatic nitrogens is 1. The number of rotatable bonds is 6. The van der Waals surface area contributed by atoms with Crippen molar-refractivity contribution < 1.29 is 8.42 Å². The Bertz CT molecular complexity index is 862. The van der Waals surface area contributed by atoms with Crippen LogP contribution in [0.1, 0.15) is 12.5 Å². The number of halogens is 2. The zero-order chi connectivity index (χ0) is 19.4. The summed E-state index contributed by atoms with van der Waals surface area (Å²) < 4.78 is 27.4. The minimum atomic E-state index is -3.71. The van der Waals surface area contributed by atoms with Crippen molar-refractivity contribution in [1.82, 2.24) is 14.6 Å². The largest absolute Gasteiger partial charge is 0.354 e. The Kier molecular flexibility index (Phi) is 6.60. The van der Waals surface area contributed by atoms with Gasteiger partial charge in [0.25, 0.3) is 0 Å². The van der Waals surface area contributed by atoms with Gasteiger partial charge in [-0.25, -0.2) is 18.1 Å². The minimum absolute atomic E-state index is 0.0402. The van der Waals surface area contributed by atoms with E-state index < -0.39 is 10.0 Å². The van der Waals surface area contributed by atoms with Crippen molar-refractivity contribution in [2.75, 3.05) is 37.6 Å². The molecule has 0 aliphatic carbocycles. The first-order valence-electron chi connectivity index (χ1n) is 8.75. The number of benzene rings is 1. The molecule has 9 heteroatoms. The quantitative estimate of drug-likeness (QED) is 0.765. The van der Waals surface area contributed by atoms with Gasteiger partial charge in [-0.2, -0.15) is 0 Å². The van der Waals surface area contributed by atoms with Gasteiger partial charge < -0.3 is 9.80 Å². The van der Waals surface area contributed by atoms with Crippen LogP contribution in [-0.2, 0) is 16.6 Å². The molecule has 1 aliphatic rings. The molecule has 2 aromatic rings. The summed E-state index contributed by atoms with van der Waals surface area (Å²) in [4.78, 5) is 9.17. The van der Waals surface area contributed by atoms with Crippen LogP contribution in [0, 0.1) is 0 Å². The molecule has 0 atom stereocenters. The van der Waals surface area contributed by atoms with E-state index in [4.69, 9.17) is 23.2 Å². The van der Waals surface area contributed by atoms with Gasteiger partial charge in [0.05, 0.1) is 4.90 Å². The molecule has 1 aromatic heterocycles. The Morgan fingerprint density at radius 2 is 1.74 bits per heavy atom. The average molecular weight is 429 g/mol. The second kappa shape index (κ2) is 8.75. The maximum absolute atomic E-state index is 12.4. The predicted octanol–water partition coefficient (Wildman–Crippen LogP) is 3.01. The van der Waals surface area contributed by atoms with Crippen LogP contribution in [0.25, 0.3) is 0 Å². The van der Waals surface area contributed by atoms with Crippen LogP contribution in [0.5, 0.6) is 0 Å². The first-order valence-corrected chi connectivity index (χ1v) is 11.0. The van der Waals surface area contributed by atoms with Crippen molar-refractivity contribution in [2.45, 2.75) is 18.4 Å². The van der Waals surface area contributed by atoms with Crippen LogP contribution in [0.15, 0.2) is 41.4 Å². The van der Waals surface area contributed by atoms with E-state index in [0.717, 1.165) is 44.1 Å². The van der Waals surface area contributed by atoms with Gasteiger partial charge in [0.1, 0.15) is 5.82 Å². The molecule has 1 N–H and O–H groups in total. The lowest BCUT2D eigenvalue weighted by Crippen LogP contribution is -2.46. The maximum Gasteiger partial charge on any atom is 0.240 e. The second-order valence-corrected chi connectivity index (χ2v) is 9.02. The highest BCUT2D eigenvalue weighted by molar-refractivity contribution is 7.89. The molecule has 0 amide bonds. The molecule has 0 saturated carbocycles. The Morgan fingerprint density at radius 3 is 2.30 bits per heavy atom. The van der Waals surface area contributed by atoms with Gasteiger partial charge in [0.2, 0.25) is 10.0 Å². The molecule has 1 fully saturated rings. The van der Waals surface area contributed by atoms with Crippen molar-refractivity contribution in [2.24, 2.45) is 0 Å². The van der Waals surface area contributed by atoms with Crippen LogP contribution in [0.2, 0.25) is 10.0 Å². The third kappa shape index (κ3) is 5.33. The highest BCUT2D eigenvalue weighted by Crippen LogP contribution is 2.22. The average Bonchev–Trinajstić information content (AvgIpc) is 2.66. The molecule has 6 nitrogen and oxygen atoms in total. The highest BCUT2D eigenvalue weighted by atomic mass is 35.5. The molecular weight excluding hydrogens is 407 g/mol. The van der Waals surface area contributed by atoms with Crippen molar-refractivity contribution in [3.05, 3.63) is 52.1 Å². The summed E-state index contributed by atoms with van der Waals surface area (Å²) in [5.74, 6) is 0.916. The summed E-state index contributed by atoms with van der Waals surface area (Å²) in [6.45, 7) is 7.33. The van der Waals surface area contributed by atoms with Crippen molar-refractivity contribution in [1.29, 1.82) is 0 Å². The SMILES string of the molecule is CCN1CCN(c2ccc(CNS(=O)(=O)c3cc(Cl)cc(Cl)c3)cn2)CC1. The zero-order valence-electron chi connectivity index (χ0n) is 15.0. The van der Waals surface area contributed by atoms with Crippen LogP contribution >= 0.6 is 23.2 Å². The van der Waals surface area contributed by atoms with Crippen molar-refractivity contribution in [3.63, 3.8) is 0 Å². The van der Waals surface area contributed by atoms with Crippen molar-refractivity contribution >= 4 is 39.0 Å². The van der Waals surface area contributed by atoms with Crippen LogP contribution in [0.3, 0.4) is 0 Å². The number of pyridine rings is 1. The van der Waals surface area contributed by atoms with Crippen molar-refractivity contribution in [3.8, 4) is 0 Å². The van der Waals surface area contributed by atoms with E-state index in [1.807, 2.05) is 12.1 Å². The third-order valence-electron chi connectivity index (χ3n) is 4.57. The molecule has 1 saturated heterocycles. The molecule has 27 heavy (non-hydrogen) atoms. The Labute approximate surface area is 170 Å².